The number of sulfonamides is 1. The molecule has 6 rings (SSSR count). The molecule has 2 saturated carbocycles. The first kappa shape index (κ1) is 40.8. The molecule has 17 heteroatoms. The molecule has 56 heavy (non-hydrogen) atoms. The maximum Gasteiger partial charge on any atom is 0.418 e. The lowest BCUT2D eigenvalue weighted by Crippen LogP contribution is -2.43. The van der Waals surface area contributed by atoms with Crippen LogP contribution in [0.3, 0.4) is 0 Å². The fourth-order valence-corrected chi connectivity index (χ4v) is 7.89. The van der Waals surface area contributed by atoms with Crippen LogP contribution in [0.15, 0.2) is 59.6 Å². The SMILES string of the molecule is CC(C)(C)c1cc(CN(C(=O)CN(Cc2ncccc2C(F)(F)F)S(=O)(=O)c2c(F)c(F)c(F)c(F)c2F)c2ccc(C(=O)O)cc2C2CC2)cc(C2CC2)c1. The molecule has 0 saturated heterocycles. The van der Waals surface area contributed by atoms with Crippen LogP contribution in [0.2, 0.25) is 0 Å². The van der Waals surface area contributed by atoms with Gasteiger partial charge in [-0.2, -0.15) is 17.5 Å². The molecule has 0 unspecified atom stereocenters. The summed E-state index contributed by atoms with van der Waals surface area (Å²) in [6, 6.07) is 11.0. The third kappa shape index (κ3) is 8.28. The topological polar surface area (TPSA) is 108 Å². The number of carboxylic acid groups (broad SMARTS) is 1. The summed E-state index contributed by atoms with van der Waals surface area (Å²) in [6.07, 6.45) is -1.27. The lowest BCUT2D eigenvalue weighted by Gasteiger charge is -2.30. The second-order valence-electron chi connectivity index (χ2n) is 15.0. The summed E-state index contributed by atoms with van der Waals surface area (Å²) < 4.78 is 143. The van der Waals surface area contributed by atoms with Crippen LogP contribution >= 0.6 is 0 Å². The normalized spacial score (nSPS) is 15.0. The summed E-state index contributed by atoms with van der Waals surface area (Å²) in [7, 11) is -6.03. The van der Waals surface area contributed by atoms with E-state index in [1.165, 1.54) is 18.2 Å². The van der Waals surface area contributed by atoms with Crippen LogP contribution in [-0.2, 0) is 39.5 Å². The molecule has 2 fully saturated rings. The van der Waals surface area contributed by atoms with E-state index < -0.39 is 86.4 Å². The van der Waals surface area contributed by atoms with E-state index in [-0.39, 0.29) is 39.4 Å². The third-order valence-corrected chi connectivity index (χ3v) is 11.6. The van der Waals surface area contributed by atoms with Gasteiger partial charge in [-0.05, 0) is 95.5 Å². The van der Waals surface area contributed by atoms with Gasteiger partial charge in [-0.3, -0.25) is 9.78 Å². The van der Waals surface area contributed by atoms with Crippen LogP contribution in [0.1, 0.15) is 102 Å². The van der Waals surface area contributed by atoms with Gasteiger partial charge in [0.2, 0.25) is 21.7 Å². The molecule has 8 nitrogen and oxygen atoms in total. The fourth-order valence-electron chi connectivity index (χ4n) is 6.43. The number of aromatic carboxylic acids is 1. The van der Waals surface area contributed by atoms with Crippen LogP contribution in [0, 0.1) is 29.1 Å². The molecule has 0 radical (unpaired) electrons. The molecular weight excluding hydrogens is 774 g/mol. The number of rotatable bonds is 12. The molecule has 298 valence electrons. The molecule has 0 spiro atoms. The number of carbonyl (C=O) groups excluding carboxylic acids is 1. The molecule has 2 aliphatic carbocycles. The summed E-state index contributed by atoms with van der Waals surface area (Å²) in [5.74, 6) is -16.0. The third-order valence-electron chi connectivity index (χ3n) is 9.75. The summed E-state index contributed by atoms with van der Waals surface area (Å²) in [5.41, 5.74) is -0.114. The lowest BCUT2D eigenvalue weighted by atomic mass is 9.84. The minimum absolute atomic E-state index is 0.123. The van der Waals surface area contributed by atoms with Gasteiger partial charge in [-0.15, -0.1) is 0 Å². The average Bonchev–Trinajstić information content (AvgIpc) is 4.05. The molecule has 1 aromatic heterocycles. The number of anilines is 1. The molecule has 1 N–H and O–H groups in total. The first-order chi connectivity index (χ1) is 26.1. The van der Waals surface area contributed by atoms with Crippen molar-refractivity contribution in [3.05, 3.63) is 123 Å². The lowest BCUT2D eigenvalue weighted by molar-refractivity contribution is -0.138. The van der Waals surface area contributed by atoms with Crippen LogP contribution in [0.25, 0.3) is 0 Å². The Hall–Kier alpha value is -4.90. The number of alkyl halides is 3. The molecule has 0 aliphatic heterocycles. The van der Waals surface area contributed by atoms with Gasteiger partial charge < -0.3 is 10.0 Å². The first-order valence-corrected chi connectivity index (χ1v) is 18.9. The van der Waals surface area contributed by atoms with Gasteiger partial charge in [-0.1, -0.05) is 39.0 Å². The molecule has 2 aliphatic rings. The van der Waals surface area contributed by atoms with Gasteiger partial charge in [0.15, 0.2) is 28.2 Å². The highest BCUT2D eigenvalue weighted by atomic mass is 32.2. The van der Waals surface area contributed by atoms with E-state index in [9.17, 15) is 49.5 Å². The predicted molar refractivity (Wildman–Crippen MR) is 187 cm³/mol. The van der Waals surface area contributed by atoms with Gasteiger partial charge in [0.25, 0.3) is 0 Å². The van der Waals surface area contributed by atoms with Crippen LogP contribution < -0.4 is 4.90 Å². The number of hydrogen-bond donors (Lipinski definition) is 1. The van der Waals surface area contributed by atoms with E-state index in [1.54, 1.807) is 0 Å². The summed E-state index contributed by atoms with van der Waals surface area (Å²) in [5, 5.41) is 9.74. The predicted octanol–water partition coefficient (Wildman–Crippen LogP) is 8.97. The van der Waals surface area contributed by atoms with Crippen molar-refractivity contribution in [2.24, 2.45) is 0 Å². The van der Waals surface area contributed by atoms with Crippen molar-refractivity contribution in [1.82, 2.24) is 9.29 Å². The first-order valence-electron chi connectivity index (χ1n) is 17.4. The van der Waals surface area contributed by atoms with Crippen molar-refractivity contribution in [1.29, 1.82) is 0 Å². The van der Waals surface area contributed by atoms with Gasteiger partial charge in [-0.25, -0.2) is 35.2 Å². The van der Waals surface area contributed by atoms with Crippen molar-refractivity contribution in [2.45, 2.75) is 87.9 Å². The van der Waals surface area contributed by atoms with Gasteiger partial charge in [0.1, 0.15) is 0 Å². The van der Waals surface area contributed by atoms with E-state index in [0.717, 1.165) is 41.1 Å². The summed E-state index contributed by atoms with van der Waals surface area (Å²) in [6.45, 7) is 2.65. The van der Waals surface area contributed by atoms with Crippen molar-refractivity contribution >= 4 is 27.6 Å². The van der Waals surface area contributed by atoms with E-state index in [4.69, 9.17) is 0 Å². The standard InChI is InChI=1S/C39H35F8N3O5S/c1-38(2,3)25-14-20(13-24(15-25)21-6-7-21)17-50(29-11-10-23(37(52)53)16-26(29)22-8-9-22)30(51)19-49(18-28-27(39(45,46)47)5-4-12-48-28)56(54,55)36-34(43)32(41)31(40)33(42)35(36)44/h4-5,10-16,21-22H,6-9,17-19H2,1-3H3,(H,52,53). The monoisotopic (exact) mass is 809 g/mol. The number of benzene rings is 3. The number of amides is 1. The quantitative estimate of drug-likeness (QED) is 0.0870. The van der Waals surface area contributed by atoms with E-state index in [1.807, 2.05) is 39.0 Å². The van der Waals surface area contributed by atoms with Gasteiger partial charge in [0.05, 0.1) is 36.5 Å². The Morgan fingerprint density at radius 1 is 0.821 bits per heavy atom. The molecular formula is C39H35F8N3O5S. The average molecular weight is 810 g/mol. The molecule has 1 amide bonds. The fraction of sp³-hybridized carbons (Fsp3) is 0.359. The van der Waals surface area contributed by atoms with Crippen molar-refractivity contribution in [3.8, 4) is 0 Å². The largest absolute Gasteiger partial charge is 0.478 e. The Labute approximate surface area is 316 Å². The van der Waals surface area contributed by atoms with E-state index >= 15 is 8.78 Å². The Balaban J connectivity index is 1.52. The number of halogens is 8. The van der Waals surface area contributed by atoms with Crippen molar-refractivity contribution in [2.75, 3.05) is 11.4 Å². The zero-order chi connectivity index (χ0) is 41.1. The van der Waals surface area contributed by atoms with Crippen molar-refractivity contribution < 1.29 is 58.2 Å². The highest BCUT2D eigenvalue weighted by Crippen LogP contribution is 2.46. The zero-order valence-electron chi connectivity index (χ0n) is 30.2. The smallest absolute Gasteiger partial charge is 0.418 e. The van der Waals surface area contributed by atoms with Gasteiger partial charge in [0, 0.05) is 11.9 Å². The summed E-state index contributed by atoms with van der Waals surface area (Å²) >= 11 is 0. The number of aromatic nitrogens is 1. The summed E-state index contributed by atoms with van der Waals surface area (Å²) in [4.78, 5) is 28.9. The Bertz CT molecular complexity index is 2310. The molecule has 0 bridgehead atoms. The maximum atomic E-state index is 15.1. The number of nitrogens with zero attached hydrogens (tertiary/aromatic N) is 3. The molecule has 1 heterocycles. The van der Waals surface area contributed by atoms with Crippen LogP contribution in [0.5, 0.6) is 0 Å². The van der Waals surface area contributed by atoms with E-state index in [2.05, 4.69) is 4.98 Å². The minimum atomic E-state index is -6.03. The maximum absolute atomic E-state index is 15.1. The highest BCUT2D eigenvalue weighted by Gasteiger charge is 2.42. The van der Waals surface area contributed by atoms with Gasteiger partial charge >= 0.3 is 12.1 Å². The minimum Gasteiger partial charge on any atom is -0.478 e. The van der Waals surface area contributed by atoms with Crippen molar-refractivity contribution in [3.63, 3.8) is 0 Å². The zero-order valence-corrected chi connectivity index (χ0v) is 31.0. The number of pyridine rings is 1. The molecule has 3 aromatic carbocycles. The molecule has 0 atom stereocenters. The number of hydrogen-bond acceptors (Lipinski definition) is 5. The second-order valence-corrected chi connectivity index (χ2v) is 16.9. The van der Waals surface area contributed by atoms with E-state index in [0.29, 0.717) is 30.0 Å². The Morgan fingerprint density at radius 2 is 1.43 bits per heavy atom. The number of carboxylic acids is 1. The Kier molecular flexibility index (Phi) is 10.8. The highest BCUT2D eigenvalue weighted by molar-refractivity contribution is 7.89. The van der Waals surface area contributed by atoms with Crippen LogP contribution in [0.4, 0.5) is 40.8 Å². The second kappa shape index (κ2) is 14.9. The number of carbonyl (C=O) groups is 2. The molecule has 4 aromatic rings. The Morgan fingerprint density at radius 3 is 1.98 bits per heavy atom. The van der Waals surface area contributed by atoms with Crippen LogP contribution in [-0.4, -0.2) is 41.2 Å².